The first-order chi connectivity index (χ1) is 14.1. The Morgan fingerprint density at radius 1 is 1.17 bits per heavy atom. The zero-order valence-electron chi connectivity index (χ0n) is 16.2. The van der Waals surface area contributed by atoms with Crippen molar-refractivity contribution in [3.8, 4) is 22.8 Å². The molecule has 1 aromatic heterocycles. The van der Waals surface area contributed by atoms with Crippen LogP contribution in [0.3, 0.4) is 0 Å². The van der Waals surface area contributed by atoms with E-state index in [9.17, 15) is 9.18 Å². The van der Waals surface area contributed by atoms with Gasteiger partial charge in [0.25, 0.3) is 5.91 Å². The largest absolute Gasteiger partial charge is 0.494 e. The standard InChI is InChI=1S/C21H22FN3O4/c1-3-4-13-27-16-11-9-15(10-12-16)19-20(25-29-24-19)23-21(26)14(2)28-18-8-6-5-7-17(18)22/h5-12,14H,3-4,13H2,1-2H3,(H,23,25,26)/t14-/m1/s1. The molecule has 3 aromatic rings. The van der Waals surface area contributed by atoms with E-state index in [2.05, 4.69) is 22.6 Å². The predicted molar refractivity (Wildman–Crippen MR) is 105 cm³/mol. The maximum Gasteiger partial charge on any atom is 0.266 e. The van der Waals surface area contributed by atoms with Gasteiger partial charge < -0.3 is 14.8 Å². The fourth-order valence-electron chi connectivity index (χ4n) is 2.51. The van der Waals surface area contributed by atoms with Crippen LogP contribution in [0.25, 0.3) is 11.3 Å². The molecule has 0 saturated carbocycles. The van der Waals surface area contributed by atoms with E-state index in [0.29, 0.717) is 17.9 Å². The molecule has 1 heterocycles. The van der Waals surface area contributed by atoms with Crippen molar-refractivity contribution >= 4 is 11.7 Å². The fraction of sp³-hybridized carbons (Fsp3) is 0.286. The summed E-state index contributed by atoms with van der Waals surface area (Å²) in [6, 6.07) is 13.1. The van der Waals surface area contributed by atoms with E-state index in [0.717, 1.165) is 18.6 Å². The lowest BCUT2D eigenvalue weighted by Crippen LogP contribution is -2.30. The molecule has 0 spiro atoms. The highest BCUT2D eigenvalue weighted by Crippen LogP contribution is 2.27. The number of hydrogen-bond donors (Lipinski definition) is 1. The Morgan fingerprint density at radius 3 is 2.66 bits per heavy atom. The van der Waals surface area contributed by atoms with Gasteiger partial charge >= 0.3 is 0 Å². The van der Waals surface area contributed by atoms with E-state index in [-0.39, 0.29) is 11.6 Å². The summed E-state index contributed by atoms with van der Waals surface area (Å²) in [7, 11) is 0. The highest BCUT2D eigenvalue weighted by molar-refractivity contribution is 5.95. The van der Waals surface area contributed by atoms with Gasteiger partial charge in [-0.25, -0.2) is 9.02 Å². The molecule has 0 fully saturated rings. The van der Waals surface area contributed by atoms with Gasteiger partial charge in [-0.1, -0.05) is 25.5 Å². The Hall–Kier alpha value is -3.42. The number of amides is 1. The van der Waals surface area contributed by atoms with Crippen molar-refractivity contribution in [2.75, 3.05) is 11.9 Å². The van der Waals surface area contributed by atoms with Crippen LogP contribution < -0.4 is 14.8 Å². The van der Waals surface area contributed by atoms with Gasteiger partial charge in [-0.05, 0) is 60.1 Å². The number of halogens is 1. The monoisotopic (exact) mass is 399 g/mol. The lowest BCUT2D eigenvalue weighted by molar-refractivity contribution is -0.122. The Labute approximate surface area is 167 Å². The summed E-state index contributed by atoms with van der Waals surface area (Å²) in [4.78, 5) is 12.4. The minimum Gasteiger partial charge on any atom is -0.494 e. The number of rotatable bonds is 9. The number of hydrogen-bond acceptors (Lipinski definition) is 6. The van der Waals surface area contributed by atoms with E-state index in [1.807, 2.05) is 12.1 Å². The zero-order valence-corrected chi connectivity index (χ0v) is 16.2. The second-order valence-electron chi connectivity index (χ2n) is 6.37. The van der Waals surface area contributed by atoms with E-state index < -0.39 is 17.8 Å². The van der Waals surface area contributed by atoms with Crippen molar-refractivity contribution in [2.45, 2.75) is 32.8 Å². The van der Waals surface area contributed by atoms with Crippen LogP contribution in [0.4, 0.5) is 10.2 Å². The average Bonchev–Trinajstić information content (AvgIpc) is 3.18. The molecule has 0 bridgehead atoms. The third-order valence-corrected chi connectivity index (χ3v) is 4.13. The molecule has 0 unspecified atom stereocenters. The number of carbonyl (C=O) groups is 1. The van der Waals surface area contributed by atoms with Crippen molar-refractivity contribution in [1.29, 1.82) is 0 Å². The minimum atomic E-state index is -0.953. The Kier molecular flexibility index (Phi) is 6.78. The van der Waals surface area contributed by atoms with Crippen LogP contribution in [0, 0.1) is 5.82 Å². The summed E-state index contributed by atoms with van der Waals surface area (Å²) in [5, 5.41) is 10.2. The molecule has 1 amide bonds. The van der Waals surface area contributed by atoms with Crippen molar-refractivity contribution < 1.29 is 23.3 Å². The molecular formula is C21H22FN3O4. The zero-order chi connectivity index (χ0) is 20.6. The van der Waals surface area contributed by atoms with Crippen molar-refractivity contribution in [1.82, 2.24) is 10.3 Å². The molecule has 0 radical (unpaired) electrons. The fourth-order valence-corrected chi connectivity index (χ4v) is 2.51. The highest BCUT2D eigenvalue weighted by atomic mass is 19.1. The second kappa shape index (κ2) is 9.68. The summed E-state index contributed by atoms with van der Waals surface area (Å²) in [5.41, 5.74) is 1.07. The Morgan fingerprint density at radius 2 is 1.93 bits per heavy atom. The van der Waals surface area contributed by atoms with Crippen LogP contribution in [0.1, 0.15) is 26.7 Å². The molecule has 2 aromatic carbocycles. The van der Waals surface area contributed by atoms with Crippen LogP contribution in [-0.2, 0) is 4.79 Å². The molecule has 0 aliphatic carbocycles. The number of anilines is 1. The number of para-hydroxylation sites is 1. The molecule has 0 aliphatic heterocycles. The summed E-state index contributed by atoms with van der Waals surface area (Å²) < 4.78 is 29.5. The first-order valence-corrected chi connectivity index (χ1v) is 9.36. The van der Waals surface area contributed by atoms with Crippen LogP contribution in [-0.4, -0.2) is 28.9 Å². The lowest BCUT2D eigenvalue weighted by Gasteiger charge is -2.14. The van der Waals surface area contributed by atoms with E-state index in [1.165, 1.54) is 19.1 Å². The van der Waals surface area contributed by atoms with Crippen molar-refractivity contribution in [2.24, 2.45) is 0 Å². The quantitative estimate of drug-likeness (QED) is 0.535. The number of unbranched alkanes of at least 4 members (excludes halogenated alkanes) is 1. The second-order valence-corrected chi connectivity index (χ2v) is 6.37. The number of nitrogens with one attached hydrogen (secondary N) is 1. The number of ether oxygens (including phenoxy) is 2. The van der Waals surface area contributed by atoms with Crippen molar-refractivity contribution in [3.63, 3.8) is 0 Å². The van der Waals surface area contributed by atoms with Crippen LogP contribution in [0.15, 0.2) is 53.2 Å². The topological polar surface area (TPSA) is 86.5 Å². The first kappa shape index (κ1) is 20.3. The van der Waals surface area contributed by atoms with Gasteiger partial charge in [0.2, 0.25) is 5.82 Å². The van der Waals surface area contributed by atoms with E-state index >= 15 is 0 Å². The molecule has 29 heavy (non-hydrogen) atoms. The van der Waals surface area contributed by atoms with Gasteiger partial charge in [-0.3, -0.25) is 4.79 Å². The number of carbonyl (C=O) groups excluding carboxylic acids is 1. The molecule has 8 heteroatoms. The summed E-state index contributed by atoms with van der Waals surface area (Å²) in [5.74, 6) is -0.163. The summed E-state index contributed by atoms with van der Waals surface area (Å²) >= 11 is 0. The Balaban J connectivity index is 1.65. The van der Waals surface area contributed by atoms with Gasteiger partial charge in [0.1, 0.15) is 5.75 Å². The SMILES string of the molecule is CCCCOc1ccc(-c2nonc2NC(=O)[C@@H](C)Oc2ccccc2F)cc1. The third kappa shape index (κ3) is 5.31. The number of aromatic nitrogens is 2. The van der Waals surface area contributed by atoms with E-state index in [1.54, 1.807) is 24.3 Å². The average molecular weight is 399 g/mol. The van der Waals surface area contributed by atoms with Gasteiger partial charge in [0.15, 0.2) is 23.4 Å². The maximum absolute atomic E-state index is 13.7. The van der Waals surface area contributed by atoms with Crippen LogP contribution in [0.2, 0.25) is 0 Å². The summed E-state index contributed by atoms with van der Waals surface area (Å²) in [6.45, 7) is 4.27. The number of benzene rings is 2. The molecule has 152 valence electrons. The molecule has 1 atom stereocenters. The van der Waals surface area contributed by atoms with Gasteiger partial charge in [-0.15, -0.1) is 0 Å². The molecular weight excluding hydrogens is 377 g/mol. The third-order valence-electron chi connectivity index (χ3n) is 4.13. The molecule has 1 N–H and O–H groups in total. The molecule has 7 nitrogen and oxygen atoms in total. The maximum atomic E-state index is 13.7. The number of nitrogens with zero attached hydrogens (tertiary/aromatic N) is 2. The normalized spacial score (nSPS) is 11.7. The van der Waals surface area contributed by atoms with E-state index in [4.69, 9.17) is 14.1 Å². The highest BCUT2D eigenvalue weighted by Gasteiger charge is 2.21. The Bertz CT molecular complexity index is 943. The molecule has 0 saturated heterocycles. The van der Waals surface area contributed by atoms with Gasteiger partial charge in [0.05, 0.1) is 6.61 Å². The summed E-state index contributed by atoms with van der Waals surface area (Å²) in [6.07, 6.45) is 1.09. The first-order valence-electron chi connectivity index (χ1n) is 9.36. The predicted octanol–water partition coefficient (Wildman–Crippen LogP) is 4.46. The molecule has 0 aliphatic rings. The van der Waals surface area contributed by atoms with Gasteiger partial charge in [-0.2, -0.15) is 0 Å². The van der Waals surface area contributed by atoms with Crippen LogP contribution >= 0.6 is 0 Å². The minimum absolute atomic E-state index is 0.00712. The van der Waals surface area contributed by atoms with Gasteiger partial charge in [0, 0.05) is 5.56 Å². The van der Waals surface area contributed by atoms with Crippen LogP contribution in [0.5, 0.6) is 11.5 Å². The molecule has 3 rings (SSSR count). The lowest BCUT2D eigenvalue weighted by atomic mass is 10.1. The van der Waals surface area contributed by atoms with Crippen molar-refractivity contribution in [3.05, 3.63) is 54.3 Å². The smallest absolute Gasteiger partial charge is 0.266 e.